The van der Waals surface area contributed by atoms with Crippen molar-refractivity contribution in [2.24, 2.45) is 5.92 Å². The van der Waals surface area contributed by atoms with Gasteiger partial charge in [-0.15, -0.1) is 0 Å². The number of hydrogen-bond acceptors (Lipinski definition) is 1. The van der Waals surface area contributed by atoms with Crippen molar-refractivity contribution in [1.29, 1.82) is 0 Å². The minimum Gasteiger partial charge on any atom is -0.349 e. The molecule has 0 saturated heterocycles. The summed E-state index contributed by atoms with van der Waals surface area (Å²) in [5, 5.41) is 0.885. The molecule has 3 heteroatoms. The van der Waals surface area contributed by atoms with E-state index >= 15 is 0 Å². The number of rotatable bonds is 9. The zero-order valence-electron chi connectivity index (χ0n) is 14.5. The third kappa shape index (κ3) is 5.75. The number of nitrogens with zero attached hydrogens (tertiary/aromatic N) is 1. The third-order valence-corrected chi connectivity index (χ3v) is 5.18. The number of aromatic nitrogens is 2. The van der Waals surface area contributed by atoms with E-state index in [1.54, 1.807) is 0 Å². The predicted molar refractivity (Wildman–Crippen MR) is 105 cm³/mol. The molecule has 1 heterocycles. The van der Waals surface area contributed by atoms with Gasteiger partial charge in [0.25, 0.3) is 0 Å². The van der Waals surface area contributed by atoms with Gasteiger partial charge in [-0.05, 0) is 55.2 Å². The molecule has 1 atom stereocenters. The van der Waals surface area contributed by atoms with E-state index < -0.39 is 0 Å². The van der Waals surface area contributed by atoms with Crippen molar-refractivity contribution < 1.29 is 0 Å². The molecule has 3 aromatic rings. The maximum Gasteiger partial charge on any atom is 0.106 e. The Balaban J connectivity index is 1.57. The molecular formula is C22H25ClN2. The highest BCUT2D eigenvalue weighted by Gasteiger charge is 2.12. The van der Waals surface area contributed by atoms with Gasteiger partial charge in [0.2, 0.25) is 0 Å². The first-order valence-corrected chi connectivity index (χ1v) is 9.44. The van der Waals surface area contributed by atoms with Crippen LogP contribution in [0, 0.1) is 5.92 Å². The van der Waals surface area contributed by atoms with Crippen molar-refractivity contribution in [3.8, 4) is 0 Å². The molecule has 1 unspecified atom stereocenters. The number of H-pyrrole nitrogens is 1. The maximum atomic E-state index is 6.32. The minimum absolute atomic E-state index is 0.668. The molecule has 0 bridgehead atoms. The Morgan fingerprint density at radius 1 is 0.840 bits per heavy atom. The zero-order chi connectivity index (χ0) is 17.3. The number of imidazole rings is 1. The Kier molecular flexibility index (Phi) is 6.70. The van der Waals surface area contributed by atoms with E-state index in [2.05, 4.69) is 52.4 Å². The molecule has 130 valence electrons. The van der Waals surface area contributed by atoms with E-state index in [1.807, 2.05) is 24.5 Å². The molecule has 2 aromatic carbocycles. The lowest BCUT2D eigenvalue weighted by Gasteiger charge is -2.17. The molecular weight excluding hydrogens is 328 g/mol. The van der Waals surface area contributed by atoms with Crippen molar-refractivity contribution in [2.45, 2.75) is 38.5 Å². The van der Waals surface area contributed by atoms with Gasteiger partial charge >= 0.3 is 0 Å². The molecule has 0 aliphatic heterocycles. The van der Waals surface area contributed by atoms with E-state index in [9.17, 15) is 0 Å². The summed E-state index contributed by atoms with van der Waals surface area (Å²) in [7, 11) is 0. The summed E-state index contributed by atoms with van der Waals surface area (Å²) in [4.78, 5) is 7.58. The van der Waals surface area contributed by atoms with Crippen molar-refractivity contribution >= 4 is 11.6 Å². The van der Waals surface area contributed by atoms with E-state index in [-0.39, 0.29) is 0 Å². The molecule has 0 fully saturated rings. The van der Waals surface area contributed by atoms with Gasteiger partial charge in [-0.2, -0.15) is 0 Å². The summed E-state index contributed by atoms with van der Waals surface area (Å²) in [6.07, 6.45) is 10.4. The maximum absolute atomic E-state index is 6.32. The van der Waals surface area contributed by atoms with Gasteiger partial charge in [0.15, 0.2) is 0 Å². The zero-order valence-corrected chi connectivity index (χ0v) is 15.3. The second-order valence-corrected chi connectivity index (χ2v) is 7.00. The number of aromatic amines is 1. The highest BCUT2D eigenvalue weighted by molar-refractivity contribution is 6.31. The van der Waals surface area contributed by atoms with Crippen LogP contribution in [0.3, 0.4) is 0 Å². The van der Waals surface area contributed by atoms with Gasteiger partial charge < -0.3 is 4.98 Å². The van der Waals surface area contributed by atoms with Crippen LogP contribution < -0.4 is 0 Å². The van der Waals surface area contributed by atoms with E-state index in [0.29, 0.717) is 5.92 Å². The lowest BCUT2D eigenvalue weighted by Crippen LogP contribution is -2.07. The molecule has 25 heavy (non-hydrogen) atoms. The smallest absolute Gasteiger partial charge is 0.106 e. The molecule has 1 N–H and O–H groups in total. The number of nitrogens with one attached hydrogen (secondary N) is 1. The van der Waals surface area contributed by atoms with Gasteiger partial charge in [-0.25, -0.2) is 4.98 Å². The van der Waals surface area contributed by atoms with Crippen molar-refractivity contribution in [3.63, 3.8) is 0 Å². The Morgan fingerprint density at radius 3 is 2.32 bits per heavy atom. The van der Waals surface area contributed by atoms with Gasteiger partial charge in [-0.1, -0.05) is 60.1 Å². The number of hydrogen-bond donors (Lipinski definition) is 1. The first kappa shape index (κ1) is 17.8. The Bertz CT molecular complexity index is 738. The van der Waals surface area contributed by atoms with Crippen LogP contribution in [-0.4, -0.2) is 9.97 Å². The van der Waals surface area contributed by atoms with Gasteiger partial charge in [0.1, 0.15) is 5.82 Å². The first-order valence-electron chi connectivity index (χ1n) is 9.07. The Morgan fingerprint density at radius 2 is 1.56 bits per heavy atom. The fraction of sp³-hybridized carbons (Fsp3) is 0.318. The number of benzene rings is 2. The Hall–Kier alpha value is -2.06. The highest BCUT2D eigenvalue weighted by atomic mass is 35.5. The number of halogens is 1. The average molecular weight is 353 g/mol. The van der Waals surface area contributed by atoms with E-state index in [0.717, 1.165) is 43.0 Å². The van der Waals surface area contributed by atoms with Crippen LogP contribution in [0.4, 0.5) is 0 Å². The van der Waals surface area contributed by atoms with Crippen LogP contribution in [0.1, 0.15) is 36.2 Å². The van der Waals surface area contributed by atoms with Gasteiger partial charge in [-0.3, -0.25) is 0 Å². The normalized spacial score (nSPS) is 12.2. The second kappa shape index (κ2) is 9.43. The lowest BCUT2D eigenvalue weighted by molar-refractivity contribution is 0.417. The molecule has 1 aromatic heterocycles. The summed E-state index contributed by atoms with van der Waals surface area (Å²) in [6.45, 7) is 0. The minimum atomic E-state index is 0.668. The molecule has 0 saturated carbocycles. The standard InChI is InChI=1S/C22H25ClN2/c23-21-9-5-4-8-20(21)14-12-19(13-15-22-24-16-17-25-22)11-10-18-6-2-1-3-7-18/h1-9,16-17,19H,10-15H2,(H,24,25). The van der Waals surface area contributed by atoms with Crippen LogP contribution in [0.5, 0.6) is 0 Å². The van der Waals surface area contributed by atoms with E-state index in [1.165, 1.54) is 17.5 Å². The largest absolute Gasteiger partial charge is 0.349 e. The van der Waals surface area contributed by atoms with E-state index in [4.69, 9.17) is 11.6 Å². The first-order chi connectivity index (χ1) is 12.3. The van der Waals surface area contributed by atoms with Crippen molar-refractivity contribution in [1.82, 2.24) is 9.97 Å². The van der Waals surface area contributed by atoms with Crippen molar-refractivity contribution in [3.05, 3.63) is 89.0 Å². The highest BCUT2D eigenvalue weighted by Crippen LogP contribution is 2.24. The summed E-state index contributed by atoms with van der Waals surface area (Å²) < 4.78 is 0. The molecule has 0 amide bonds. The molecule has 0 aliphatic carbocycles. The summed E-state index contributed by atoms with van der Waals surface area (Å²) in [6, 6.07) is 19.0. The van der Waals surface area contributed by atoms with Crippen LogP contribution in [0.2, 0.25) is 5.02 Å². The van der Waals surface area contributed by atoms with Crippen LogP contribution in [0.15, 0.2) is 67.0 Å². The SMILES string of the molecule is Clc1ccccc1CCC(CCc1ccccc1)CCc1ncc[nH]1. The predicted octanol–water partition coefficient (Wildman–Crippen LogP) is 5.88. The fourth-order valence-corrected chi connectivity index (χ4v) is 3.52. The van der Waals surface area contributed by atoms with Crippen LogP contribution in [-0.2, 0) is 19.3 Å². The fourth-order valence-electron chi connectivity index (χ4n) is 3.28. The second-order valence-electron chi connectivity index (χ2n) is 6.59. The molecule has 0 aliphatic rings. The summed E-state index contributed by atoms with van der Waals surface area (Å²) in [5.74, 6) is 1.75. The molecule has 0 radical (unpaired) electrons. The van der Waals surface area contributed by atoms with Crippen LogP contribution in [0.25, 0.3) is 0 Å². The summed E-state index contributed by atoms with van der Waals surface area (Å²) >= 11 is 6.32. The quantitative estimate of drug-likeness (QED) is 0.512. The van der Waals surface area contributed by atoms with Crippen LogP contribution >= 0.6 is 11.6 Å². The lowest BCUT2D eigenvalue weighted by atomic mass is 9.89. The van der Waals surface area contributed by atoms with Crippen molar-refractivity contribution in [2.75, 3.05) is 0 Å². The topological polar surface area (TPSA) is 28.7 Å². The van der Waals surface area contributed by atoms with Gasteiger partial charge in [0, 0.05) is 23.8 Å². The third-order valence-electron chi connectivity index (χ3n) is 4.81. The Labute approximate surface area is 155 Å². The monoisotopic (exact) mass is 352 g/mol. The number of aryl methyl sites for hydroxylation is 3. The molecule has 2 nitrogen and oxygen atoms in total. The molecule has 0 spiro atoms. The average Bonchev–Trinajstić information content (AvgIpc) is 3.17. The van der Waals surface area contributed by atoms with Gasteiger partial charge in [0.05, 0.1) is 0 Å². The summed E-state index contributed by atoms with van der Waals surface area (Å²) in [5.41, 5.74) is 2.68. The molecule has 3 rings (SSSR count).